The second-order valence-corrected chi connectivity index (χ2v) is 10.5. The van der Waals surface area contributed by atoms with Gasteiger partial charge in [0.05, 0.1) is 12.1 Å². The van der Waals surface area contributed by atoms with Crippen LogP contribution in [-0.4, -0.2) is 53.7 Å². The number of hydrazine groups is 1. The molecule has 3 saturated heterocycles. The summed E-state index contributed by atoms with van der Waals surface area (Å²) in [5.74, 6) is 0.979. The van der Waals surface area contributed by atoms with Crippen LogP contribution in [0.3, 0.4) is 0 Å². The van der Waals surface area contributed by atoms with Crippen molar-refractivity contribution in [1.29, 1.82) is 0 Å². The van der Waals surface area contributed by atoms with E-state index < -0.39 is 0 Å². The van der Waals surface area contributed by atoms with Gasteiger partial charge in [0.15, 0.2) is 0 Å². The summed E-state index contributed by atoms with van der Waals surface area (Å²) in [6.45, 7) is 4.70. The fourth-order valence-corrected chi connectivity index (χ4v) is 6.61. The van der Waals surface area contributed by atoms with Crippen molar-refractivity contribution in [2.45, 2.75) is 50.4 Å². The van der Waals surface area contributed by atoms with Crippen molar-refractivity contribution in [1.82, 2.24) is 26.1 Å². The lowest BCUT2D eigenvalue weighted by Gasteiger charge is -2.47. The summed E-state index contributed by atoms with van der Waals surface area (Å²) >= 11 is 6.20. The molecule has 2 aromatic rings. The molecule has 1 aromatic carbocycles. The van der Waals surface area contributed by atoms with E-state index in [1.165, 1.54) is 5.56 Å². The zero-order valence-corrected chi connectivity index (χ0v) is 19.6. The molecule has 5 unspecified atom stereocenters. The van der Waals surface area contributed by atoms with Crippen molar-refractivity contribution in [3.63, 3.8) is 0 Å². The minimum absolute atomic E-state index is 0.0971. The van der Waals surface area contributed by atoms with E-state index in [9.17, 15) is 4.79 Å². The molecule has 6 rings (SSSR count). The first kappa shape index (κ1) is 21.2. The first-order valence-corrected chi connectivity index (χ1v) is 12.4. The van der Waals surface area contributed by atoms with E-state index in [0.717, 1.165) is 55.3 Å². The Labute approximate surface area is 199 Å². The zero-order chi connectivity index (χ0) is 22.5. The van der Waals surface area contributed by atoms with Crippen molar-refractivity contribution < 1.29 is 4.79 Å². The minimum atomic E-state index is 0.0971. The Morgan fingerprint density at radius 3 is 2.85 bits per heavy atom. The Balaban J connectivity index is 1.15. The van der Waals surface area contributed by atoms with Crippen LogP contribution in [0.25, 0.3) is 0 Å². The van der Waals surface area contributed by atoms with Gasteiger partial charge in [0.2, 0.25) is 0 Å². The third-order valence-electron chi connectivity index (χ3n) is 8.08. The summed E-state index contributed by atoms with van der Waals surface area (Å²) in [7, 11) is 0. The normalized spacial score (nSPS) is 33.6. The molecule has 1 saturated carbocycles. The van der Waals surface area contributed by atoms with Crippen LogP contribution >= 0.6 is 11.6 Å². The van der Waals surface area contributed by atoms with Crippen LogP contribution in [0.5, 0.6) is 0 Å². The van der Waals surface area contributed by atoms with Gasteiger partial charge in [-0.05, 0) is 73.9 Å². The predicted octanol–water partition coefficient (Wildman–Crippen LogP) is 3.26. The van der Waals surface area contributed by atoms with Crippen LogP contribution < -0.4 is 21.1 Å². The average Bonchev–Trinajstić information content (AvgIpc) is 3.44. The van der Waals surface area contributed by atoms with E-state index in [1.807, 2.05) is 31.3 Å². The third kappa shape index (κ3) is 3.96. The lowest BCUT2D eigenvalue weighted by Crippen LogP contribution is -2.63. The smallest absolute Gasteiger partial charge is 0.317 e. The Morgan fingerprint density at radius 1 is 1.09 bits per heavy atom. The van der Waals surface area contributed by atoms with Crippen LogP contribution in [0.15, 0.2) is 42.6 Å². The molecule has 0 radical (unpaired) electrons. The first-order valence-electron chi connectivity index (χ1n) is 12.1. The maximum Gasteiger partial charge on any atom is 0.317 e. The van der Waals surface area contributed by atoms with Crippen LogP contribution in [0.4, 0.5) is 10.5 Å². The Bertz CT molecular complexity index is 1050. The van der Waals surface area contributed by atoms with Gasteiger partial charge < -0.3 is 15.1 Å². The van der Waals surface area contributed by atoms with Crippen molar-refractivity contribution in [3.8, 4) is 0 Å². The summed E-state index contributed by atoms with van der Waals surface area (Å²) < 4.78 is 0. The summed E-state index contributed by atoms with van der Waals surface area (Å²) in [4.78, 5) is 21.9. The number of fused-ring (bicyclic) bond motifs is 2. The standard InChI is InChI=1S/C25H31ClN6O/c1-15-9-16(5-7-27-15)24-21-10-17-13-32(25(33)28-22(17)12-23(21)29-30-24)20-6-8-31(14-20)19-4-2-3-18(26)11-19/h2-5,7,9,11,17,20-24,29-30H,6,8,10,12-14H2,1H3,(H,28,33)/t17?,20-,21?,22?,23?,24?/m1/s1. The lowest BCUT2D eigenvalue weighted by atomic mass is 9.71. The number of halogens is 1. The van der Waals surface area contributed by atoms with E-state index in [2.05, 4.69) is 49.2 Å². The number of aromatic nitrogens is 1. The van der Waals surface area contributed by atoms with Gasteiger partial charge in [0, 0.05) is 54.3 Å². The van der Waals surface area contributed by atoms with Crippen LogP contribution in [0.1, 0.15) is 36.6 Å². The highest BCUT2D eigenvalue weighted by molar-refractivity contribution is 6.30. The molecule has 4 aliphatic rings. The van der Waals surface area contributed by atoms with Crippen molar-refractivity contribution in [2.75, 3.05) is 24.5 Å². The van der Waals surface area contributed by atoms with E-state index in [4.69, 9.17) is 11.6 Å². The molecule has 4 fully saturated rings. The fourth-order valence-electron chi connectivity index (χ4n) is 6.42. The second-order valence-electron chi connectivity index (χ2n) is 10.1. The molecule has 1 aliphatic carbocycles. The highest BCUT2D eigenvalue weighted by Crippen LogP contribution is 2.42. The van der Waals surface area contributed by atoms with Gasteiger partial charge in [-0.25, -0.2) is 10.2 Å². The fraction of sp³-hybridized carbons (Fsp3) is 0.520. The first-order chi connectivity index (χ1) is 16.0. The monoisotopic (exact) mass is 466 g/mol. The number of pyridine rings is 1. The second kappa shape index (κ2) is 8.46. The van der Waals surface area contributed by atoms with Crippen molar-refractivity contribution in [3.05, 3.63) is 58.9 Å². The topological polar surface area (TPSA) is 72.5 Å². The number of hydrogen-bond acceptors (Lipinski definition) is 5. The van der Waals surface area contributed by atoms with Gasteiger partial charge in [0.1, 0.15) is 0 Å². The van der Waals surface area contributed by atoms with Crippen molar-refractivity contribution in [2.24, 2.45) is 11.8 Å². The summed E-state index contributed by atoms with van der Waals surface area (Å²) in [6, 6.07) is 13.6. The molecule has 0 bridgehead atoms. The number of rotatable bonds is 3. The number of aryl methyl sites for hydroxylation is 1. The SMILES string of the molecule is Cc1cc(C2NNC3CC4NC(=O)N([C@@H]5CCN(c6cccc(Cl)c6)C5)CC4CC32)ccn1. The quantitative estimate of drug-likeness (QED) is 0.647. The molecule has 8 heteroatoms. The number of hydrogen-bond donors (Lipinski definition) is 3. The average molecular weight is 467 g/mol. The molecule has 33 heavy (non-hydrogen) atoms. The molecular weight excluding hydrogens is 436 g/mol. The molecule has 4 heterocycles. The van der Waals surface area contributed by atoms with Crippen LogP contribution in [-0.2, 0) is 0 Å². The van der Waals surface area contributed by atoms with Gasteiger partial charge in [0.25, 0.3) is 0 Å². The number of benzene rings is 1. The molecular formula is C25H31ClN6O. The third-order valence-corrected chi connectivity index (χ3v) is 8.31. The van der Waals surface area contributed by atoms with Gasteiger partial charge >= 0.3 is 6.03 Å². The highest BCUT2D eigenvalue weighted by atomic mass is 35.5. The molecule has 7 nitrogen and oxygen atoms in total. The largest absolute Gasteiger partial charge is 0.369 e. The summed E-state index contributed by atoms with van der Waals surface area (Å²) in [5.41, 5.74) is 10.5. The molecule has 3 N–H and O–H groups in total. The number of carbonyl (C=O) groups is 1. The van der Waals surface area contributed by atoms with E-state index in [-0.39, 0.29) is 24.2 Å². The number of urea groups is 1. The maximum atomic E-state index is 13.1. The molecule has 0 spiro atoms. The molecule has 2 amide bonds. The predicted molar refractivity (Wildman–Crippen MR) is 129 cm³/mol. The highest BCUT2D eigenvalue weighted by Gasteiger charge is 2.48. The number of nitrogens with one attached hydrogen (secondary N) is 3. The Hall–Kier alpha value is -2.35. The summed E-state index contributed by atoms with van der Waals surface area (Å²) in [5, 5.41) is 4.11. The van der Waals surface area contributed by atoms with Crippen LogP contribution in [0.2, 0.25) is 5.02 Å². The molecule has 3 aliphatic heterocycles. The number of anilines is 1. The van der Waals surface area contributed by atoms with Gasteiger partial charge in [-0.2, -0.15) is 0 Å². The van der Waals surface area contributed by atoms with Crippen LogP contribution in [0, 0.1) is 18.8 Å². The molecule has 6 atom stereocenters. The van der Waals surface area contributed by atoms with Gasteiger partial charge in [-0.1, -0.05) is 17.7 Å². The van der Waals surface area contributed by atoms with Gasteiger partial charge in [-0.15, -0.1) is 0 Å². The lowest BCUT2D eigenvalue weighted by molar-refractivity contribution is 0.0841. The number of amides is 2. The van der Waals surface area contributed by atoms with Crippen molar-refractivity contribution >= 4 is 23.3 Å². The van der Waals surface area contributed by atoms with E-state index in [1.54, 1.807) is 0 Å². The minimum Gasteiger partial charge on any atom is -0.369 e. The number of nitrogens with zero attached hydrogens (tertiary/aromatic N) is 3. The van der Waals surface area contributed by atoms with E-state index >= 15 is 0 Å². The van der Waals surface area contributed by atoms with E-state index in [0.29, 0.717) is 17.9 Å². The Morgan fingerprint density at radius 2 is 2.00 bits per heavy atom. The zero-order valence-electron chi connectivity index (χ0n) is 18.9. The number of carbonyl (C=O) groups excluding carboxylic acids is 1. The molecule has 174 valence electrons. The summed E-state index contributed by atoms with van der Waals surface area (Å²) in [6.07, 6.45) is 4.97. The Kier molecular flexibility index (Phi) is 5.43. The maximum absolute atomic E-state index is 13.1. The van der Waals surface area contributed by atoms with Gasteiger partial charge in [-0.3, -0.25) is 10.4 Å². The molecule has 1 aromatic heterocycles.